The molecule has 4 unspecified atom stereocenters. The molecule has 3 aliphatic rings. The minimum atomic E-state index is -5.74. The second kappa shape index (κ2) is 9.60. The minimum absolute atomic E-state index is 0.214. The van der Waals surface area contributed by atoms with E-state index in [4.69, 9.17) is 4.74 Å². The number of fused-ring (bicyclic) bond motifs is 5. The van der Waals surface area contributed by atoms with E-state index in [0.29, 0.717) is 23.4 Å². The van der Waals surface area contributed by atoms with Crippen molar-refractivity contribution in [3.8, 4) is 0 Å². The highest BCUT2D eigenvalue weighted by Crippen LogP contribution is 2.54. The fourth-order valence-corrected chi connectivity index (χ4v) is 5.43. The predicted octanol–water partition coefficient (Wildman–Crippen LogP) is 3.03. The Hall–Kier alpha value is -4.83. The van der Waals surface area contributed by atoms with Gasteiger partial charge in [0.15, 0.2) is 17.4 Å². The number of hydrazine groups is 1. The molecule has 5 rings (SSSR count). The molecular formula is C26H14F8N2O7. The first-order valence-electron chi connectivity index (χ1n) is 11.9. The van der Waals surface area contributed by atoms with Gasteiger partial charge < -0.3 is 9.47 Å². The summed E-state index contributed by atoms with van der Waals surface area (Å²) in [6.45, 7) is 0. The molecule has 2 aromatic carbocycles. The number of esters is 2. The van der Waals surface area contributed by atoms with E-state index in [-0.39, 0.29) is 5.01 Å². The first-order valence-corrected chi connectivity index (χ1v) is 11.9. The highest BCUT2D eigenvalue weighted by atomic mass is 19.4. The van der Waals surface area contributed by atoms with Crippen molar-refractivity contribution >= 4 is 29.4 Å². The van der Waals surface area contributed by atoms with Crippen molar-refractivity contribution in [3.05, 3.63) is 83.6 Å². The Morgan fingerprint density at radius 3 is 2.05 bits per heavy atom. The van der Waals surface area contributed by atoms with E-state index >= 15 is 0 Å². The van der Waals surface area contributed by atoms with Gasteiger partial charge in [-0.1, -0.05) is 42.5 Å². The van der Waals surface area contributed by atoms with Crippen molar-refractivity contribution in [2.45, 2.75) is 36.1 Å². The molecule has 0 aromatic heterocycles. The van der Waals surface area contributed by atoms with Gasteiger partial charge in [-0.2, -0.15) is 26.3 Å². The predicted molar refractivity (Wildman–Crippen MR) is 120 cm³/mol. The molecule has 2 fully saturated rings. The summed E-state index contributed by atoms with van der Waals surface area (Å²) in [4.78, 5) is 65.3. The number of rotatable bonds is 5. The van der Waals surface area contributed by atoms with Crippen molar-refractivity contribution in [3.63, 3.8) is 0 Å². The molecule has 0 aliphatic carbocycles. The summed E-state index contributed by atoms with van der Waals surface area (Å²) in [5.41, 5.74) is -7.83. The lowest BCUT2D eigenvalue weighted by atomic mass is 9.76. The number of Topliss-reactive ketones (excluding diaryl/α,β-unsaturated/α-hetero) is 1. The van der Waals surface area contributed by atoms with E-state index in [1.54, 1.807) is 0 Å². The number of carbonyl (C=O) groups is 5. The van der Waals surface area contributed by atoms with E-state index < -0.39 is 94.2 Å². The van der Waals surface area contributed by atoms with E-state index in [9.17, 15) is 59.1 Å². The summed E-state index contributed by atoms with van der Waals surface area (Å²) in [5.74, 6) is -16.2. The zero-order chi connectivity index (χ0) is 31.7. The number of ketones is 2. The Kier molecular flexibility index (Phi) is 6.62. The molecule has 9 nitrogen and oxygen atoms in total. The first-order chi connectivity index (χ1) is 20.0. The van der Waals surface area contributed by atoms with Gasteiger partial charge in [0.1, 0.15) is 12.0 Å². The number of carbonyl (C=O) groups excluding carboxylic acids is 5. The van der Waals surface area contributed by atoms with Crippen LogP contribution in [0.25, 0.3) is 0 Å². The number of nitrogens with zero attached hydrogens (tertiary/aromatic N) is 2. The highest BCUT2D eigenvalue weighted by Gasteiger charge is 2.78. The molecule has 1 amide bonds. The molecule has 17 heteroatoms. The van der Waals surface area contributed by atoms with Gasteiger partial charge in [-0.3, -0.25) is 14.4 Å². The normalized spacial score (nSPS) is 26.6. The highest BCUT2D eigenvalue weighted by molar-refractivity contribution is 6.21. The standard InChI is InChI=1S/C26H14F8N2O7/c27-14-8-4-5-12(17(14)28)11-23(42-21(40)25(29,30)31)16-15(37)9-10-35(23)36-18(16)19(38)24(20(36)39,13-6-2-1-3-7-13)43-22(41)26(32,33)34/h1-10,16,18H,11H2. The molecule has 0 radical (unpaired) electrons. The molecule has 0 saturated carbocycles. The van der Waals surface area contributed by atoms with Crippen LogP contribution in [0.2, 0.25) is 0 Å². The van der Waals surface area contributed by atoms with Crippen LogP contribution >= 0.6 is 0 Å². The molecule has 4 atom stereocenters. The van der Waals surface area contributed by atoms with Crippen LogP contribution in [-0.2, 0) is 45.5 Å². The second-order valence-electron chi connectivity index (χ2n) is 9.56. The van der Waals surface area contributed by atoms with E-state index in [1.165, 1.54) is 6.07 Å². The maximum absolute atomic E-state index is 14.7. The van der Waals surface area contributed by atoms with E-state index in [0.717, 1.165) is 36.4 Å². The topological polar surface area (TPSA) is 110 Å². The zero-order valence-electron chi connectivity index (χ0n) is 20.9. The molecule has 226 valence electrons. The number of alkyl halides is 6. The molecule has 2 saturated heterocycles. The summed E-state index contributed by atoms with van der Waals surface area (Å²) < 4.78 is 118. The lowest BCUT2D eigenvalue weighted by molar-refractivity contribution is -0.241. The van der Waals surface area contributed by atoms with Crippen molar-refractivity contribution < 1.29 is 68.6 Å². The fourth-order valence-electron chi connectivity index (χ4n) is 5.43. The number of hydrogen-bond donors (Lipinski definition) is 0. The Morgan fingerprint density at radius 1 is 0.837 bits per heavy atom. The zero-order valence-corrected chi connectivity index (χ0v) is 20.9. The second-order valence-corrected chi connectivity index (χ2v) is 9.56. The van der Waals surface area contributed by atoms with Gasteiger partial charge in [-0.05, 0) is 17.7 Å². The minimum Gasteiger partial charge on any atom is -0.429 e. The molecule has 3 heterocycles. The van der Waals surface area contributed by atoms with Gasteiger partial charge in [0.25, 0.3) is 11.5 Å². The molecule has 2 bridgehead atoms. The summed E-state index contributed by atoms with van der Waals surface area (Å²) in [5, 5.41) is 0.552. The number of benzene rings is 2. The SMILES string of the molecule is O=C1C=CN2N3C(=O)C(OC(=O)C(F)(F)F)(c4ccccc4)C(=O)C3C1C2(Cc1cccc(F)c1F)OC(=O)C(F)(F)F. The summed E-state index contributed by atoms with van der Waals surface area (Å²) in [6.07, 6.45) is -11.5. The van der Waals surface area contributed by atoms with Crippen molar-refractivity contribution in [2.24, 2.45) is 5.92 Å². The van der Waals surface area contributed by atoms with Crippen LogP contribution in [-0.4, -0.2) is 63.5 Å². The third-order valence-corrected chi connectivity index (χ3v) is 7.13. The van der Waals surface area contributed by atoms with Crippen LogP contribution in [0.1, 0.15) is 11.1 Å². The molecule has 3 aliphatic heterocycles. The average Bonchev–Trinajstić information content (AvgIpc) is 3.22. The van der Waals surface area contributed by atoms with Crippen LogP contribution in [0.15, 0.2) is 60.8 Å². The van der Waals surface area contributed by atoms with Gasteiger partial charge in [0.05, 0.1) is 0 Å². The molecule has 2 aromatic rings. The monoisotopic (exact) mass is 618 g/mol. The van der Waals surface area contributed by atoms with Crippen molar-refractivity contribution in [1.82, 2.24) is 10.0 Å². The Labute approximate surface area is 234 Å². The molecule has 0 N–H and O–H groups in total. The Balaban J connectivity index is 1.72. The lowest BCUT2D eigenvalue weighted by Crippen LogP contribution is -2.61. The van der Waals surface area contributed by atoms with Crippen LogP contribution in [0.4, 0.5) is 35.1 Å². The van der Waals surface area contributed by atoms with Crippen LogP contribution < -0.4 is 0 Å². The van der Waals surface area contributed by atoms with Gasteiger partial charge >= 0.3 is 24.3 Å². The summed E-state index contributed by atoms with van der Waals surface area (Å²) in [7, 11) is 0. The van der Waals surface area contributed by atoms with Gasteiger partial charge in [0, 0.05) is 18.2 Å². The maximum Gasteiger partial charge on any atom is 0.491 e. The van der Waals surface area contributed by atoms with Crippen LogP contribution in [0.5, 0.6) is 0 Å². The number of amides is 1. The summed E-state index contributed by atoms with van der Waals surface area (Å²) in [6, 6.07) is 5.64. The Morgan fingerprint density at radius 2 is 1.44 bits per heavy atom. The maximum atomic E-state index is 14.7. The Bertz CT molecular complexity index is 1590. The van der Waals surface area contributed by atoms with Crippen LogP contribution in [0.3, 0.4) is 0 Å². The quantitative estimate of drug-likeness (QED) is 0.286. The molecular weight excluding hydrogens is 604 g/mol. The number of allylic oxidation sites excluding steroid dienone is 1. The number of hydrogen-bond acceptors (Lipinski definition) is 8. The van der Waals surface area contributed by atoms with Crippen molar-refractivity contribution in [1.29, 1.82) is 0 Å². The number of ether oxygens (including phenoxy) is 2. The van der Waals surface area contributed by atoms with Gasteiger partial charge in [-0.15, -0.1) is 0 Å². The summed E-state index contributed by atoms with van der Waals surface area (Å²) >= 11 is 0. The van der Waals surface area contributed by atoms with E-state index in [1.807, 2.05) is 0 Å². The van der Waals surface area contributed by atoms with Gasteiger partial charge in [-0.25, -0.2) is 28.4 Å². The molecule has 43 heavy (non-hydrogen) atoms. The van der Waals surface area contributed by atoms with Crippen LogP contribution in [0, 0.1) is 17.6 Å². The largest absolute Gasteiger partial charge is 0.491 e. The number of halogens is 8. The van der Waals surface area contributed by atoms with Gasteiger partial charge in [0.2, 0.25) is 11.5 Å². The third-order valence-electron chi connectivity index (χ3n) is 7.13. The van der Waals surface area contributed by atoms with Crippen molar-refractivity contribution in [2.75, 3.05) is 0 Å². The first kappa shape index (κ1) is 29.7. The smallest absolute Gasteiger partial charge is 0.429 e. The fraction of sp³-hybridized carbons (Fsp3) is 0.269. The average molecular weight is 618 g/mol. The third kappa shape index (κ3) is 4.32. The molecule has 0 spiro atoms. The van der Waals surface area contributed by atoms with E-state index in [2.05, 4.69) is 4.74 Å². The lowest BCUT2D eigenvalue weighted by Gasteiger charge is -2.44.